The molecule has 1 unspecified atom stereocenters. The first-order chi connectivity index (χ1) is 22.5. The van der Waals surface area contributed by atoms with Gasteiger partial charge in [-0.15, -0.1) is 0 Å². The number of hydrogen-bond donors (Lipinski definition) is 0. The van der Waals surface area contributed by atoms with Crippen molar-refractivity contribution in [2.24, 2.45) is 0 Å². The molecule has 0 aliphatic carbocycles. The highest BCUT2D eigenvalue weighted by atomic mass is 16.6. The van der Waals surface area contributed by atoms with Gasteiger partial charge in [-0.05, 0) is 87.9 Å². The molecule has 5 rings (SSSR count). The fourth-order valence-electron chi connectivity index (χ4n) is 3.84. The van der Waals surface area contributed by atoms with E-state index in [1.54, 1.807) is 83.9 Å². The average molecular weight is 645 g/mol. The van der Waals surface area contributed by atoms with E-state index in [1.807, 2.05) is 49.4 Å². The molecule has 1 aliphatic heterocycles. The minimum Gasteiger partial charge on any atom is -0.497 e. The van der Waals surface area contributed by atoms with Crippen LogP contribution in [0.3, 0.4) is 0 Å². The molecule has 0 radical (unpaired) electrons. The van der Waals surface area contributed by atoms with Gasteiger partial charge in [-0.2, -0.15) is 0 Å². The van der Waals surface area contributed by atoms with Gasteiger partial charge in [-0.3, -0.25) is 14.4 Å². The van der Waals surface area contributed by atoms with Crippen LogP contribution in [0.15, 0.2) is 91.0 Å². The molecule has 1 fully saturated rings. The van der Waals surface area contributed by atoms with Crippen LogP contribution in [-0.4, -0.2) is 65.1 Å². The van der Waals surface area contributed by atoms with Gasteiger partial charge in [0.2, 0.25) is 0 Å². The number of carbonyl (C=O) groups excluding carboxylic acids is 3. The molecular weight excluding hydrogens is 600 g/mol. The molecule has 0 bridgehead atoms. The minimum absolute atomic E-state index is 0.0186. The minimum atomic E-state index is 0.0186. The molecule has 4 aromatic carbocycles. The number of aryl methyl sites for hydroxylation is 1. The molecule has 1 heterocycles. The van der Waals surface area contributed by atoms with Crippen molar-refractivity contribution in [3.8, 4) is 28.7 Å². The number of ether oxygens (including phenoxy) is 6. The summed E-state index contributed by atoms with van der Waals surface area (Å²) in [6, 6.07) is 27.1. The Balaban J connectivity index is 0.000000220. The maximum Gasteiger partial charge on any atom is 0.160 e. The van der Waals surface area contributed by atoms with Crippen LogP contribution in [0, 0.1) is 6.92 Å². The number of para-hydroxylation sites is 2. The zero-order valence-electron chi connectivity index (χ0n) is 28.3. The van der Waals surface area contributed by atoms with Gasteiger partial charge >= 0.3 is 0 Å². The van der Waals surface area contributed by atoms with Crippen LogP contribution in [0.25, 0.3) is 0 Å². The largest absolute Gasteiger partial charge is 0.497 e. The van der Waals surface area contributed by atoms with Crippen molar-refractivity contribution in [3.05, 3.63) is 113 Å². The van der Waals surface area contributed by atoms with Crippen molar-refractivity contribution < 1.29 is 42.8 Å². The molecule has 9 heteroatoms. The first kappa shape index (κ1) is 38.0. The van der Waals surface area contributed by atoms with Gasteiger partial charge in [0.25, 0.3) is 0 Å². The normalized spacial score (nSPS) is 12.2. The predicted molar refractivity (Wildman–Crippen MR) is 182 cm³/mol. The van der Waals surface area contributed by atoms with Crippen molar-refractivity contribution in [1.82, 2.24) is 0 Å². The highest BCUT2D eigenvalue weighted by molar-refractivity contribution is 5.97. The highest BCUT2D eigenvalue weighted by Crippen LogP contribution is 2.25. The summed E-state index contributed by atoms with van der Waals surface area (Å²) in [5.74, 6) is 4.19. The standard InChI is InChI=1S/C11H12O3.C10H10O2.C9H12O2.C8H10O2/c1-8(12)9-2-4-10(5-3-9)13-6-11-7-14-11;1-7(11)9-3-5-10(6-4-9)8(2)12;1-7-6-8(10-2)4-5-9(7)11-3;1-9-7-5-3-4-6-8(7)10-2/h2-5,11H,6-7H2,1H3;3-6H,1-2H3;4-6H,1-3H3;3-6H,1-2H3. The predicted octanol–water partition coefficient (Wildman–Crippen LogP) is 7.47. The molecule has 9 nitrogen and oxygen atoms in total. The maximum absolute atomic E-state index is 11.0. The number of methoxy groups -OCH3 is 4. The molecule has 1 atom stereocenters. The SMILES string of the molecule is CC(=O)c1ccc(C(C)=O)cc1.CC(=O)c1ccc(OCC2CO2)cc1.COc1ccc(OC)c(C)c1.COc1ccccc1OC. The second kappa shape index (κ2) is 20.1. The second-order valence-corrected chi connectivity index (χ2v) is 10.2. The fraction of sp³-hybridized carbons (Fsp3) is 0.289. The summed E-state index contributed by atoms with van der Waals surface area (Å²) in [4.78, 5) is 32.7. The summed E-state index contributed by atoms with van der Waals surface area (Å²) in [6.07, 6.45) is 0.266. The number of Topliss-reactive ketones (excluding diaryl/α,β-unsaturated/α-hetero) is 3. The van der Waals surface area contributed by atoms with Gasteiger partial charge in [0, 0.05) is 16.7 Å². The second-order valence-electron chi connectivity index (χ2n) is 10.2. The first-order valence-electron chi connectivity index (χ1n) is 14.9. The van der Waals surface area contributed by atoms with E-state index in [9.17, 15) is 14.4 Å². The van der Waals surface area contributed by atoms with Gasteiger partial charge in [0.1, 0.15) is 30.0 Å². The molecule has 1 saturated heterocycles. The van der Waals surface area contributed by atoms with Gasteiger partial charge in [0.05, 0.1) is 35.0 Å². The number of epoxide rings is 1. The average Bonchev–Trinajstić information content (AvgIpc) is 3.93. The third kappa shape index (κ3) is 13.8. The lowest BCUT2D eigenvalue weighted by Crippen LogP contribution is -2.04. The van der Waals surface area contributed by atoms with Crippen molar-refractivity contribution in [2.45, 2.75) is 33.8 Å². The third-order valence-corrected chi connectivity index (χ3v) is 6.69. The lowest BCUT2D eigenvalue weighted by Gasteiger charge is -2.05. The van der Waals surface area contributed by atoms with Gasteiger partial charge in [-0.25, -0.2) is 0 Å². The molecule has 1 aliphatic rings. The molecule has 250 valence electrons. The molecule has 0 aromatic heterocycles. The highest BCUT2D eigenvalue weighted by Gasteiger charge is 2.22. The lowest BCUT2D eigenvalue weighted by molar-refractivity contribution is 0.100. The zero-order chi connectivity index (χ0) is 34.8. The Labute approximate surface area is 277 Å². The number of benzene rings is 4. The van der Waals surface area contributed by atoms with Crippen LogP contribution in [0.4, 0.5) is 0 Å². The molecule has 47 heavy (non-hydrogen) atoms. The molecule has 0 N–H and O–H groups in total. The Hall–Kier alpha value is -5.15. The van der Waals surface area contributed by atoms with E-state index < -0.39 is 0 Å². The van der Waals surface area contributed by atoms with Crippen LogP contribution < -0.4 is 23.7 Å². The summed E-state index contributed by atoms with van der Waals surface area (Å²) in [7, 11) is 6.56. The van der Waals surface area contributed by atoms with E-state index in [-0.39, 0.29) is 23.5 Å². The van der Waals surface area contributed by atoms with Crippen molar-refractivity contribution in [1.29, 1.82) is 0 Å². The van der Waals surface area contributed by atoms with Crippen molar-refractivity contribution >= 4 is 17.3 Å². The maximum atomic E-state index is 11.0. The van der Waals surface area contributed by atoms with E-state index in [4.69, 9.17) is 28.4 Å². The molecule has 0 saturated carbocycles. The summed E-state index contributed by atoms with van der Waals surface area (Å²) in [6.45, 7) is 7.94. The van der Waals surface area contributed by atoms with E-state index in [0.29, 0.717) is 23.3 Å². The van der Waals surface area contributed by atoms with Crippen molar-refractivity contribution in [3.63, 3.8) is 0 Å². The monoisotopic (exact) mass is 644 g/mol. The third-order valence-electron chi connectivity index (χ3n) is 6.69. The quantitative estimate of drug-likeness (QED) is 0.128. The summed E-state index contributed by atoms with van der Waals surface area (Å²) in [5, 5.41) is 0. The van der Waals surface area contributed by atoms with Gasteiger partial charge < -0.3 is 28.4 Å². The lowest BCUT2D eigenvalue weighted by atomic mass is 10.1. The fourth-order valence-corrected chi connectivity index (χ4v) is 3.84. The van der Waals surface area contributed by atoms with Gasteiger partial charge in [0.15, 0.2) is 28.8 Å². The molecule has 4 aromatic rings. The van der Waals surface area contributed by atoms with E-state index >= 15 is 0 Å². The van der Waals surface area contributed by atoms with Crippen LogP contribution in [0.5, 0.6) is 28.7 Å². The van der Waals surface area contributed by atoms with Crippen LogP contribution >= 0.6 is 0 Å². The molecule has 0 amide bonds. The van der Waals surface area contributed by atoms with Gasteiger partial charge in [-0.1, -0.05) is 36.4 Å². The molecule has 0 spiro atoms. The van der Waals surface area contributed by atoms with E-state index in [2.05, 4.69) is 0 Å². The summed E-state index contributed by atoms with van der Waals surface area (Å²) < 4.78 is 30.6. The van der Waals surface area contributed by atoms with Crippen LogP contribution in [-0.2, 0) is 4.74 Å². The topological polar surface area (TPSA) is 110 Å². The number of ketones is 3. The number of hydrogen-bond acceptors (Lipinski definition) is 9. The Morgan fingerprint density at radius 1 is 0.596 bits per heavy atom. The zero-order valence-corrected chi connectivity index (χ0v) is 28.3. The smallest absolute Gasteiger partial charge is 0.160 e. The number of carbonyl (C=O) groups is 3. The van der Waals surface area contributed by atoms with E-state index in [1.165, 1.54) is 13.8 Å². The Morgan fingerprint density at radius 3 is 1.34 bits per heavy atom. The number of rotatable bonds is 10. The Bertz CT molecular complexity index is 1500. The van der Waals surface area contributed by atoms with E-state index in [0.717, 1.165) is 40.9 Å². The first-order valence-corrected chi connectivity index (χ1v) is 14.9. The van der Waals surface area contributed by atoms with Crippen LogP contribution in [0.1, 0.15) is 57.4 Å². The van der Waals surface area contributed by atoms with Crippen molar-refractivity contribution in [2.75, 3.05) is 41.7 Å². The Kier molecular flexibility index (Phi) is 16.2. The van der Waals surface area contributed by atoms with Crippen LogP contribution in [0.2, 0.25) is 0 Å². The summed E-state index contributed by atoms with van der Waals surface area (Å²) >= 11 is 0. The Morgan fingerprint density at radius 2 is 1.00 bits per heavy atom. The summed E-state index contributed by atoms with van der Waals surface area (Å²) in [5.41, 5.74) is 3.08. The molecular formula is C38H44O9.